The van der Waals surface area contributed by atoms with Gasteiger partial charge in [-0.3, -0.25) is 0 Å². The van der Waals surface area contributed by atoms with E-state index in [-0.39, 0.29) is 0 Å². The second-order valence-corrected chi connectivity index (χ2v) is 7.09. The van der Waals surface area contributed by atoms with E-state index in [0.717, 1.165) is 17.9 Å². The zero-order valence-corrected chi connectivity index (χ0v) is 13.1. The Balaban J connectivity index is 1.70. The van der Waals surface area contributed by atoms with Gasteiger partial charge >= 0.3 is 0 Å². The van der Waals surface area contributed by atoms with Gasteiger partial charge in [-0.1, -0.05) is 30.3 Å². The highest BCUT2D eigenvalue weighted by Crippen LogP contribution is 2.46. The topological polar surface area (TPSA) is 14.2 Å². The highest BCUT2D eigenvalue weighted by molar-refractivity contribution is 8.00. The van der Waals surface area contributed by atoms with Crippen LogP contribution in [0.3, 0.4) is 0 Å². The Bertz CT molecular complexity index is 938. The summed E-state index contributed by atoms with van der Waals surface area (Å²) in [6.07, 6.45) is 3.26. The summed E-state index contributed by atoms with van der Waals surface area (Å²) < 4.78 is 8.45. The molecule has 2 heterocycles. The van der Waals surface area contributed by atoms with E-state index in [1.807, 2.05) is 17.8 Å². The Morgan fingerprint density at radius 2 is 1.91 bits per heavy atom. The van der Waals surface area contributed by atoms with E-state index >= 15 is 0 Å². The highest BCUT2D eigenvalue weighted by atomic mass is 32.2. The number of nitrogens with zero attached hydrogens (tertiary/aromatic N) is 1. The second-order valence-electron chi connectivity index (χ2n) is 5.85. The molecule has 0 fully saturated rings. The first-order chi connectivity index (χ1) is 10.8. The molecular formula is C19H15NOS. The van der Waals surface area contributed by atoms with Crippen molar-refractivity contribution >= 4 is 28.7 Å². The number of benzene rings is 2. The maximum Gasteiger partial charge on any atom is 0.140 e. The minimum absolute atomic E-state index is 0.383. The number of ether oxygens (including phenoxy) is 1. The minimum Gasteiger partial charge on any atom is -0.459 e. The van der Waals surface area contributed by atoms with Gasteiger partial charge in [0, 0.05) is 29.7 Å². The molecule has 108 valence electrons. The summed E-state index contributed by atoms with van der Waals surface area (Å²) in [5.74, 6) is 2.07. The van der Waals surface area contributed by atoms with E-state index in [4.69, 9.17) is 4.74 Å². The van der Waals surface area contributed by atoms with Crippen molar-refractivity contribution in [2.45, 2.75) is 16.6 Å². The largest absolute Gasteiger partial charge is 0.459 e. The van der Waals surface area contributed by atoms with Crippen molar-refractivity contribution in [2.75, 3.05) is 0 Å². The molecule has 0 amide bonds. The van der Waals surface area contributed by atoms with Crippen LogP contribution in [0.15, 0.2) is 59.2 Å². The van der Waals surface area contributed by atoms with Crippen LogP contribution in [0.25, 0.3) is 17.0 Å². The summed E-state index contributed by atoms with van der Waals surface area (Å²) in [4.78, 5) is 1.24. The predicted molar refractivity (Wildman–Crippen MR) is 91.3 cm³/mol. The van der Waals surface area contributed by atoms with Crippen LogP contribution < -0.4 is 4.74 Å². The Morgan fingerprint density at radius 3 is 2.86 bits per heavy atom. The molecule has 0 spiro atoms. The number of fused-ring (bicyclic) bond motifs is 5. The second kappa shape index (κ2) is 4.43. The molecular weight excluding hydrogens is 290 g/mol. The molecule has 3 aromatic rings. The Labute approximate surface area is 133 Å². The molecule has 3 heteroatoms. The highest BCUT2D eigenvalue weighted by Gasteiger charge is 2.32. The summed E-state index contributed by atoms with van der Waals surface area (Å²) in [5, 5.41) is 1.75. The van der Waals surface area contributed by atoms with Crippen LogP contribution in [0.5, 0.6) is 5.75 Å². The van der Waals surface area contributed by atoms with E-state index in [1.165, 1.54) is 27.1 Å². The molecule has 1 atom stereocenters. The van der Waals surface area contributed by atoms with Crippen molar-refractivity contribution in [3.05, 3.63) is 65.5 Å². The van der Waals surface area contributed by atoms with E-state index < -0.39 is 0 Å². The van der Waals surface area contributed by atoms with E-state index in [9.17, 15) is 0 Å². The van der Waals surface area contributed by atoms with Crippen molar-refractivity contribution in [3.8, 4) is 5.75 Å². The van der Waals surface area contributed by atoms with Gasteiger partial charge in [0.25, 0.3) is 0 Å². The summed E-state index contributed by atoms with van der Waals surface area (Å²) in [7, 11) is 2.14. The minimum atomic E-state index is 0.383. The van der Waals surface area contributed by atoms with E-state index in [2.05, 4.69) is 60.2 Å². The molecule has 1 aromatic heterocycles. The van der Waals surface area contributed by atoms with Crippen LogP contribution in [-0.4, -0.2) is 9.82 Å². The third kappa shape index (κ3) is 1.63. The molecule has 0 radical (unpaired) electrons. The maximum absolute atomic E-state index is 6.17. The van der Waals surface area contributed by atoms with E-state index in [1.54, 1.807) is 0 Å². The maximum atomic E-state index is 6.17. The fourth-order valence-electron chi connectivity index (χ4n) is 3.51. The standard InChI is InChI=1S/C19H15NOS/c1-20-14-7-3-2-6-12(14)13-10-19-17(11-15(13)20)21-16-8-4-5-9-18(16)22-19/h2-9,11,19H,10H2,1H3. The molecule has 2 aromatic carbocycles. The average molecular weight is 305 g/mol. The first-order valence-electron chi connectivity index (χ1n) is 7.53. The summed E-state index contributed by atoms with van der Waals surface area (Å²) in [6, 6.07) is 17.0. The van der Waals surface area contributed by atoms with Gasteiger partial charge in [0.2, 0.25) is 0 Å². The lowest BCUT2D eigenvalue weighted by atomic mass is 9.99. The van der Waals surface area contributed by atoms with E-state index in [0.29, 0.717) is 5.25 Å². The monoisotopic (exact) mass is 305 g/mol. The van der Waals surface area contributed by atoms with Crippen LogP contribution in [0, 0.1) is 0 Å². The molecule has 1 unspecified atom stereocenters. The van der Waals surface area contributed by atoms with Gasteiger partial charge in [-0.2, -0.15) is 0 Å². The summed E-state index contributed by atoms with van der Waals surface area (Å²) in [5.41, 5.74) is 4.03. The Kier molecular flexibility index (Phi) is 2.50. The molecule has 0 saturated heterocycles. The van der Waals surface area contributed by atoms with Gasteiger partial charge < -0.3 is 9.30 Å². The van der Waals surface area contributed by atoms with Crippen LogP contribution in [0.2, 0.25) is 0 Å². The van der Waals surface area contributed by atoms with Crippen LogP contribution >= 0.6 is 11.8 Å². The molecule has 0 saturated carbocycles. The van der Waals surface area contributed by atoms with Crippen LogP contribution in [-0.2, 0) is 13.5 Å². The first kappa shape index (κ1) is 12.4. The van der Waals surface area contributed by atoms with Crippen LogP contribution in [0.1, 0.15) is 11.3 Å². The molecule has 1 aliphatic heterocycles. The Hall–Kier alpha value is -2.13. The normalized spacial score (nSPS) is 19.0. The van der Waals surface area contributed by atoms with Crippen molar-refractivity contribution in [1.82, 2.24) is 4.57 Å². The number of aromatic nitrogens is 1. The molecule has 0 bridgehead atoms. The predicted octanol–water partition coefficient (Wildman–Crippen LogP) is 4.63. The number of thioether (sulfide) groups is 1. The molecule has 5 rings (SSSR count). The number of rotatable bonds is 0. The fourth-order valence-corrected chi connectivity index (χ4v) is 4.68. The molecule has 2 nitrogen and oxygen atoms in total. The van der Waals surface area contributed by atoms with Crippen molar-refractivity contribution in [2.24, 2.45) is 7.05 Å². The van der Waals surface area contributed by atoms with Gasteiger partial charge in [-0.05, 0) is 30.2 Å². The van der Waals surface area contributed by atoms with Gasteiger partial charge in [0.05, 0.1) is 10.1 Å². The summed E-state index contributed by atoms with van der Waals surface area (Å²) >= 11 is 1.92. The van der Waals surface area contributed by atoms with Crippen molar-refractivity contribution in [3.63, 3.8) is 0 Å². The number of aryl methyl sites for hydroxylation is 1. The number of para-hydroxylation sites is 2. The Morgan fingerprint density at radius 1 is 1.09 bits per heavy atom. The average Bonchev–Trinajstić information content (AvgIpc) is 2.84. The first-order valence-corrected chi connectivity index (χ1v) is 8.40. The molecule has 1 aliphatic carbocycles. The van der Waals surface area contributed by atoms with Crippen molar-refractivity contribution < 1.29 is 4.74 Å². The third-order valence-corrected chi connectivity index (χ3v) is 5.87. The lowest BCUT2D eigenvalue weighted by molar-refractivity contribution is 0.393. The summed E-state index contributed by atoms with van der Waals surface area (Å²) in [6.45, 7) is 0. The lowest BCUT2D eigenvalue weighted by Gasteiger charge is -2.30. The number of hydrogen-bond acceptors (Lipinski definition) is 2. The van der Waals surface area contributed by atoms with Crippen molar-refractivity contribution in [1.29, 1.82) is 0 Å². The van der Waals surface area contributed by atoms with Gasteiger partial charge in [0.1, 0.15) is 11.5 Å². The smallest absolute Gasteiger partial charge is 0.140 e. The molecule has 0 N–H and O–H groups in total. The van der Waals surface area contributed by atoms with Gasteiger partial charge in [-0.25, -0.2) is 0 Å². The molecule has 2 aliphatic rings. The molecule has 22 heavy (non-hydrogen) atoms. The number of hydrogen-bond donors (Lipinski definition) is 0. The van der Waals surface area contributed by atoms with Gasteiger partial charge in [-0.15, -0.1) is 11.8 Å². The fraction of sp³-hybridized carbons (Fsp3) is 0.158. The zero-order chi connectivity index (χ0) is 14.7. The van der Waals surface area contributed by atoms with Crippen LogP contribution in [0.4, 0.5) is 0 Å². The third-order valence-electron chi connectivity index (χ3n) is 4.59. The van der Waals surface area contributed by atoms with Gasteiger partial charge in [0.15, 0.2) is 0 Å². The lowest BCUT2D eigenvalue weighted by Crippen LogP contribution is -2.22. The zero-order valence-electron chi connectivity index (χ0n) is 12.2. The SMILES string of the molecule is Cn1c2c(c3ccccc31)CC1Sc3ccccc3OC1=C2. The quantitative estimate of drug-likeness (QED) is 0.601.